The second-order valence-corrected chi connectivity index (χ2v) is 4.49. The van der Waals surface area contributed by atoms with Crippen molar-refractivity contribution in [2.75, 3.05) is 0 Å². The van der Waals surface area contributed by atoms with Crippen LogP contribution in [0.15, 0.2) is 18.2 Å². The minimum atomic E-state index is -0.500. The number of halogens is 2. The molecule has 0 unspecified atom stereocenters. The van der Waals surface area contributed by atoms with Gasteiger partial charge in [0.25, 0.3) is 0 Å². The van der Waals surface area contributed by atoms with Crippen molar-refractivity contribution >= 4 is 0 Å². The maximum Gasteiger partial charge on any atom is 0.126 e. The number of hydrogen-bond acceptors (Lipinski definition) is 1. The molecule has 0 amide bonds. The van der Waals surface area contributed by atoms with Crippen LogP contribution in [0.2, 0.25) is 0 Å². The molecule has 0 atom stereocenters. The highest BCUT2D eigenvalue weighted by atomic mass is 19.1. The van der Waals surface area contributed by atoms with E-state index in [9.17, 15) is 8.78 Å². The van der Waals surface area contributed by atoms with Gasteiger partial charge in [-0.1, -0.05) is 19.3 Å². The van der Waals surface area contributed by atoms with Gasteiger partial charge in [0.1, 0.15) is 11.6 Å². The topological polar surface area (TPSA) is 12.0 Å². The number of rotatable bonds is 3. The summed E-state index contributed by atoms with van der Waals surface area (Å²) in [5, 5.41) is 3.36. The SMILES string of the molecule is Fc1cc(F)cc(CNC2CCCCC2)c1. The van der Waals surface area contributed by atoms with Gasteiger partial charge in [-0.3, -0.25) is 0 Å². The van der Waals surface area contributed by atoms with Gasteiger partial charge in [0.05, 0.1) is 0 Å². The van der Waals surface area contributed by atoms with E-state index < -0.39 is 11.6 Å². The van der Waals surface area contributed by atoms with E-state index in [1.54, 1.807) is 0 Å². The average Bonchev–Trinajstić information content (AvgIpc) is 2.27. The van der Waals surface area contributed by atoms with Crippen LogP contribution in [0.3, 0.4) is 0 Å². The van der Waals surface area contributed by atoms with Crippen molar-refractivity contribution in [1.82, 2.24) is 5.32 Å². The predicted octanol–water partition coefficient (Wildman–Crippen LogP) is 3.39. The standard InChI is InChI=1S/C13H17F2N/c14-11-6-10(7-12(15)8-11)9-16-13-4-2-1-3-5-13/h6-8,13,16H,1-5,9H2. The van der Waals surface area contributed by atoms with Crippen molar-refractivity contribution in [1.29, 1.82) is 0 Å². The molecule has 0 radical (unpaired) electrons. The Hall–Kier alpha value is -0.960. The van der Waals surface area contributed by atoms with Gasteiger partial charge in [0.15, 0.2) is 0 Å². The van der Waals surface area contributed by atoms with Gasteiger partial charge in [0, 0.05) is 18.7 Å². The smallest absolute Gasteiger partial charge is 0.126 e. The molecule has 0 heterocycles. The van der Waals surface area contributed by atoms with Crippen LogP contribution in [-0.4, -0.2) is 6.04 Å². The zero-order valence-electron chi connectivity index (χ0n) is 9.31. The molecular formula is C13H17F2N. The zero-order chi connectivity index (χ0) is 11.4. The van der Waals surface area contributed by atoms with Crippen LogP contribution in [-0.2, 0) is 6.54 Å². The van der Waals surface area contributed by atoms with Crippen molar-refractivity contribution in [3.05, 3.63) is 35.4 Å². The fourth-order valence-electron chi connectivity index (χ4n) is 2.28. The van der Waals surface area contributed by atoms with Gasteiger partial charge in [0.2, 0.25) is 0 Å². The van der Waals surface area contributed by atoms with E-state index in [0.717, 1.165) is 6.07 Å². The van der Waals surface area contributed by atoms with Gasteiger partial charge in [-0.2, -0.15) is 0 Å². The van der Waals surface area contributed by atoms with E-state index in [0.29, 0.717) is 18.2 Å². The minimum absolute atomic E-state index is 0.500. The molecular weight excluding hydrogens is 208 g/mol. The maximum absolute atomic E-state index is 12.9. The van der Waals surface area contributed by atoms with E-state index in [-0.39, 0.29) is 0 Å². The third kappa shape index (κ3) is 3.27. The molecule has 1 aliphatic rings. The van der Waals surface area contributed by atoms with Gasteiger partial charge < -0.3 is 5.32 Å². The second-order valence-electron chi connectivity index (χ2n) is 4.49. The normalized spacial score (nSPS) is 17.6. The first kappa shape index (κ1) is 11.5. The fraction of sp³-hybridized carbons (Fsp3) is 0.538. The van der Waals surface area contributed by atoms with E-state index in [4.69, 9.17) is 0 Å². The Morgan fingerprint density at radius 3 is 2.25 bits per heavy atom. The molecule has 1 saturated carbocycles. The van der Waals surface area contributed by atoms with Crippen molar-refractivity contribution < 1.29 is 8.78 Å². The highest BCUT2D eigenvalue weighted by Gasteiger charge is 2.12. The molecule has 0 saturated heterocycles. The third-order valence-corrected chi connectivity index (χ3v) is 3.12. The first-order chi connectivity index (χ1) is 7.74. The zero-order valence-corrected chi connectivity index (χ0v) is 9.31. The molecule has 1 nitrogen and oxygen atoms in total. The Bertz CT molecular complexity index is 326. The van der Waals surface area contributed by atoms with Crippen molar-refractivity contribution in [2.45, 2.75) is 44.7 Å². The van der Waals surface area contributed by atoms with Crippen LogP contribution >= 0.6 is 0 Å². The quantitative estimate of drug-likeness (QED) is 0.831. The fourth-order valence-corrected chi connectivity index (χ4v) is 2.28. The van der Waals surface area contributed by atoms with E-state index in [2.05, 4.69) is 5.32 Å². The first-order valence-electron chi connectivity index (χ1n) is 5.92. The van der Waals surface area contributed by atoms with Crippen LogP contribution in [0, 0.1) is 11.6 Å². The van der Waals surface area contributed by atoms with Gasteiger partial charge in [-0.25, -0.2) is 8.78 Å². The molecule has 3 heteroatoms. The van der Waals surface area contributed by atoms with Gasteiger partial charge >= 0.3 is 0 Å². The van der Waals surface area contributed by atoms with E-state index >= 15 is 0 Å². The molecule has 0 aliphatic heterocycles. The van der Waals surface area contributed by atoms with E-state index in [1.807, 2.05) is 0 Å². The molecule has 0 spiro atoms. The lowest BCUT2D eigenvalue weighted by molar-refractivity contribution is 0.372. The lowest BCUT2D eigenvalue weighted by Crippen LogP contribution is -2.30. The Labute approximate surface area is 94.9 Å². The average molecular weight is 225 g/mol. The molecule has 1 aliphatic carbocycles. The molecule has 16 heavy (non-hydrogen) atoms. The molecule has 0 aromatic heterocycles. The van der Waals surface area contributed by atoms with Crippen LogP contribution < -0.4 is 5.32 Å². The van der Waals surface area contributed by atoms with Crippen molar-refractivity contribution in [2.24, 2.45) is 0 Å². The molecule has 1 fully saturated rings. The Kier molecular flexibility index (Phi) is 3.88. The first-order valence-corrected chi connectivity index (χ1v) is 5.92. The lowest BCUT2D eigenvalue weighted by Gasteiger charge is -2.22. The number of hydrogen-bond donors (Lipinski definition) is 1. The van der Waals surface area contributed by atoms with E-state index in [1.165, 1.54) is 44.2 Å². The Morgan fingerprint density at radius 2 is 1.62 bits per heavy atom. The molecule has 1 N–H and O–H groups in total. The van der Waals surface area contributed by atoms with Crippen LogP contribution in [0.5, 0.6) is 0 Å². The van der Waals surface area contributed by atoms with Crippen LogP contribution in [0.4, 0.5) is 8.78 Å². The number of benzene rings is 1. The number of nitrogens with one attached hydrogen (secondary N) is 1. The summed E-state index contributed by atoms with van der Waals surface area (Å²) in [5.41, 5.74) is 0.683. The lowest BCUT2D eigenvalue weighted by atomic mass is 9.95. The van der Waals surface area contributed by atoms with Gasteiger partial charge in [-0.15, -0.1) is 0 Å². The maximum atomic E-state index is 12.9. The largest absolute Gasteiger partial charge is 0.310 e. The minimum Gasteiger partial charge on any atom is -0.310 e. The summed E-state index contributed by atoms with van der Waals surface area (Å²) in [4.78, 5) is 0. The summed E-state index contributed by atoms with van der Waals surface area (Å²) in [6.07, 6.45) is 6.19. The second kappa shape index (κ2) is 5.39. The Morgan fingerprint density at radius 1 is 1.00 bits per heavy atom. The summed E-state index contributed by atoms with van der Waals surface area (Å²) in [6, 6.07) is 4.20. The van der Waals surface area contributed by atoms with Crippen molar-refractivity contribution in [3.8, 4) is 0 Å². The molecule has 88 valence electrons. The summed E-state index contributed by atoms with van der Waals surface area (Å²) in [6.45, 7) is 0.555. The summed E-state index contributed by atoms with van der Waals surface area (Å²) in [5.74, 6) is -0.999. The third-order valence-electron chi connectivity index (χ3n) is 3.12. The highest BCUT2D eigenvalue weighted by Crippen LogP contribution is 2.18. The molecule has 0 bridgehead atoms. The molecule has 2 rings (SSSR count). The predicted molar refractivity (Wildman–Crippen MR) is 60.1 cm³/mol. The van der Waals surface area contributed by atoms with Crippen LogP contribution in [0.1, 0.15) is 37.7 Å². The Balaban J connectivity index is 1.88. The highest BCUT2D eigenvalue weighted by molar-refractivity contribution is 5.17. The summed E-state index contributed by atoms with van der Waals surface area (Å²) < 4.78 is 25.9. The summed E-state index contributed by atoms with van der Waals surface area (Å²) in [7, 11) is 0. The van der Waals surface area contributed by atoms with Crippen molar-refractivity contribution in [3.63, 3.8) is 0 Å². The van der Waals surface area contributed by atoms with Crippen LogP contribution in [0.25, 0.3) is 0 Å². The van der Waals surface area contributed by atoms with Gasteiger partial charge in [-0.05, 0) is 30.5 Å². The molecule has 1 aromatic carbocycles. The summed E-state index contributed by atoms with van der Waals surface area (Å²) >= 11 is 0. The molecule has 1 aromatic rings. The monoisotopic (exact) mass is 225 g/mol.